The summed E-state index contributed by atoms with van der Waals surface area (Å²) in [5, 5.41) is 17.2. The second-order valence-electron chi connectivity index (χ2n) is 3.59. The number of aromatic hydroxyl groups is 1. The van der Waals surface area contributed by atoms with Crippen molar-refractivity contribution in [3.05, 3.63) is 30.0 Å². The summed E-state index contributed by atoms with van der Waals surface area (Å²) in [4.78, 5) is 11.5. The molecular formula is C12H13N3O4. The zero-order valence-electron chi connectivity index (χ0n) is 10.5. The maximum atomic E-state index is 11.5. The molecule has 0 fully saturated rings. The molecule has 0 radical (unpaired) electrons. The molecule has 1 heterocycles. The highest BCUT2D eigenvalue weighted by Gasteiger charge is 2.21. The Balaban J connectivity index is 2.32. The Morgan fingerprint density at radius 1 is 1.37 bits per heavy atom. The number of hydrogen-bond acceptors (Lipinski definition) is 6. The minimum atomic E-state index is -0.709. The van der Waals surface area contributed by atoms with E-state index in [0.717, 1.165) is 4.68 Å². The average molecular weight is 263 g/mol. The summed E-state index contributed by atoms with van der Waals surface area (Å²) in [6.07, 6.45) is 0. The molecule has 2 rings (SSSR count). The van der Waals surface area contributed by atoms with Crippen LogP contribution in [0.1, 0.15) is 17.4 Å². The summed E-state index contributed by atoms with van der Waals surface area (Å²) < 4.78 is 10.9. The number of hydrogen-bond donors (Lipinski definition) is 1. The molecule has 0 saturated heterocycles. The predicted octanol–water partition coefficient (Wildman–Crippen LogP) is 1.16. The second-order valence-corrected chi connectivity index (χ2v) is 3.59. The molecule has 0 aliphatic heterocycles. The molecule has 0 amide bonds. The number of carbonyl (C=O) groups is 1. The highest BCUT2D eigenvalue weighted by Crippen LogP contribution is 2.21. The van der Waals surface area contributed by atoms with Crippen molar-refractivity contribution >= 4 is 5.97 Å². The first-order chi connectivity index (χ1) is 9.17. The van der Waals surface area contributed by atoms with Crippen LogP contribution in [0.5, 0.6) is 11.6 Å². The number of methoxy groups -OCH3 is 1. The fourth-order valence-electron chi connectivity index (χ4n) is 1.51. The van der Waals surface area contributed by atoms with Gasteiger partial charge >= 0.3 is 5.97 Å². The van der Waals surface area contributed by atoms with Crippen LogP contribution in [-0.2, 0) is 4.74 Å². The first kappa shape index (κ1) is 12.9. The zero-order chi connectivity index (χ0) is 13.8. The van der Waals surface area contributed by atoms with Crippen LogP contribution >= 0.6 is 0 Å². The minimum Gasteiger partial charge on any atom is -0.497 e. The lowest BCUT2D eigenvalue weighted by Gasteiger charge is -2.04. The van der Waals surface area contributed by atoms with Gasteiger partial charge in [-0.25, -0.2) is 4.79 Å². The van der Waals surface area contributed by atoms with Gasteiger partial charge in [-0.1, -0.05) is 5.21 Å². The van der Waals surface area contributed by atoms with Crippen LogP contribution in [0.25, 0.3) is 5.69 Å². The van der Waals surface area contributed by atoms with Crippen LogP contribution in [0, 0.1) is 0 Å². The standard InChI is InChI=1S/C12H13N3O4/c1-3-19-12(17)10-11(16)15(14-13-10)8-4-6-9(18-2)7-5-8/h4-7,16H,3H2,1-2H3. The zero-order valence-corrected chi connectivity index (χ0v) is 10.5. The number of esters is 1. The third kappa shape index (κ3) is 2.49. The highest BCUT2D eigenvalue weighted by atomic mass is 16.5. The Morgan fingerprint density at radius 2 is 2.05 bits per heavy atom. The van der Waals surface area contributed by atoms with Gasteiger partial charge < -0.3 is 14.6 Å². The fourth-order valence-corrected chi connectivity index (χ4v) is 1.51. The lowest BCUT2D eigenvalue weighted by molar-refractivity contribution is 0.0516. The summed E-state index contributed by atoms with van der Waals surface area (Å²) in [5.41, 5.74) is 0.346. The van der Waals surface area contributed by atoms with Gasteiger partial charge in [-0.15, -0.1) is 5.10 Å². The van der Waals surface area contributed by atoms with Crippen molar-refractivity contribution in [3.63, 3.8) is 0 Å². The molecule has 0 aliphatic carbocycles. The van der Waals surface area contributed by atoms with Gasteiger partial charge in [0.2, 0.25) is 11.6 Å². The number of benzene rings is 1. The average Bonchev–Trinajstić information content (AvgIpc) is 2.81. The van der Waals surface area contributed by atoms with E-state index < -0.39 is 5.97 Å². The van der Waals surface area contributed by atoms with E-state index in [4.69, 9.17) is 9.47 Å². The van der Waals surface area contributed by atoms with Gasteiger partial charge in [-0.2, -0.15) is 4.68 Å². The van der Waals surface area contributed by atoms with Gasteiger partial charge in [0.25, 0.3) is 0 Å². The third-order valence-corrected chi connectivity index (χ3v) is 2.43. The number of aromatic nitrogens is 3. The lowest BCUT2D eigenvalue weighted by atomic mass is 10.3. The SMILES string of the molecule is CCOC(=O)c1nnn(-c2ccc(OC)cc2)c1O. The van der Waals surface area contributed by atoms with Crippen molar-refractivity contribution in [1.29, 1.82) is 0 Å². The van der Waals surface area contributed by atoms with Crippen LogP contribution < -0.4 is 4.74 Å². The minimum absolute atomic E-state index is 0.202. The molecule has 0 saturated carbocycles. The van der Waals surface area contributed by atoms with E-state index in [2.05, 4.69) is 10.3 Å². The smallest absolute Gasteiger partial charge is 0.364 e. The molecule has 100 valence electrons. The van der Waals surface area contributed by atoms with Gasteiger partial charge in [-0.3, -0.25) is 0 Å². The predicted molar refractivity (Wildman–Crippen MR) is 65.5 cm³/mol. The molecule has 7 nitrogen and oxygen atoms in total. The Bertz CT molecular complexity index is 577. The molecule has 1 aromatic heterocycles. The van der Waals surface area contributed by atoms with Crippen LogP contribution in [-0.4, -0.2) is 39.8 Å². The highest BCUT2D eigenvalue weighted by molar-refractivity contribution is 5.89. The second kappa shape index (κ2) is 5.38. The third-order valence-electron chi connectivity index (χ3n) is 2.43. The first-order valence-corrected chi connectivity index (χ1v) is 5.63. The quantitative estimate of drug-likeness (QED) is 0.833. The number of rotatable bonds is 4. The first-order valence-electron chi connectivity index (χ1n) is 5.63. The van der Waals surface area contributed by atoms with E-state index in [1.54, 1.807) is 38.3 Å². The van der Waals surface area contributed by atoms with E-state index in [-0.39, 0.29) is 18.2 Å². The Hall–Kier alpha value is -2.57. The van der Waals surface area contributed by atoms with Crippen LogP contribution in [0.15, 0.2) is 24.3 Å². The van der Waals surface area contributed by atoms with Crippen LogP contribution in [0.4, 0.5) is 0 Å². The summed E-state index contributed by atoms with van der Waals surface area (Å²) in [6.45, 7) is 1.87. The van der Waals surface area contributed by atoms with Crippen molar-refractivity contribution in [2.45, 2.75) is 6.92 Å². The maximum absolute atomic E-state index is 11.5. The van der Waals surface area contributed by atoms with E-state index >= 15 is 0 Å². The van der Waals surface area contributed by atoms with Crippen molar-refractivity contribution in [1.82, 2.24) is 15.0 Å². The van der Waals surface area contributed by atoms with Crippen molar-refractivity contribution < 1.29 is 19.4 Å². The molecule has 2 aromatic rings. The summed E-state index contributed by atoms with van der Waals surface area (Å²) in [5.74, 6) is -0.391. The lowest BCUT2D eigenvalue weighted by Crippen LogP contribution is -2.05. The van der Waals surface area contributed by atoms with Crippen LogP contribution in [0.3, 0.4) is 0 Å². The van der Waals surface area contributed by atoms with Gasteiger partial charge in [-0.05, 0) is 31.2 Å². The molecule has 0 bridgehead atoms. The molecule has 7 heteroatoms. The van der Waals surface area contributed by atoms with E-state index in [0.29, 0.717) is 11.4 Å². The number of ether oxygens (including phenoxy) is 2. The topological polar surface area (TPSA) is 86.5 Å². The summed E-state index contributed by atoms with van der Waals surface area (Å²) in [7, 11) is 1.56. The molecule has 19 heavy (non-hydrogen) atoms. The maximum Gasteiger partial charge on any atom is 0.364 e. The monoisotopic (exact) mass is 263 g/mol. The molecule has 0 aliphatic rings. The molecule has 1 aromatic carbocycles. The molecule has 0 atom stereocenters. The molecular weight excluding hydrogens is 250 g/mol. The fraction of sp³-hybridized carbons (Fsp3) is 0.250. The normalized spacial score (nSPS) is 10.2. The van der Waals surface area contributed by atoms with Gasteiger partial charge in [0.15, 0.2) is 0 Å². The van der Waals surface area contributed by atoms with Crippen molar-refractivity contribution in [2.24, 2.45) is 0 Å². The van der Waals surface area contributed by atoms with Gasteiger partial charge in [0, 0.05) is 0 Å². The summed E-state index contributed by atoms with van der Waals surface area (Å²) >= 11 is 0. The Morgan fingerprint density at radius 3 is 2.63 bits per heavy atom. The summed E-state index contributed by atoms with van der Waals surface area (Å²) in [6, 6.07) is 6.78. The molecule has 1 N–H and O–H groups in total. The largest absolute Gasteiger partial charge is 0.497 e. The molecule has 0 spiro atoms. The van der Waals surface area contributed by atoms with E-state index in [9.17, 15) is 9.90 Å². The number of carbonyl (C=O) groups excluding carboxylic acids is 1. The number of nitrogens with zero attached hydrogens (tertiary/aromatic N) is 3. The Kier molecular flexibility index (Phi) is 3.65. The van der Waals surface area contributed by atoms with Crippen molar-refractivity contribution in [3.8, 4) is 17.3 Å². The van der Waals surface area contributed by atoms with Gasteiger partial charge in [0.05, 0.1) is 19.4 Å². The van der Waals surface area contributed by atoms with E-state index in [1.807, 2.05) is 0 Å². The van der Waals surface area contributed by atoms with Crippen molar-refractivity contribution in [2.75, 3.05) is 13.7 Å². The Labute approximate surface area is 109 Å². The van der Waals surface area contributed by atoms with Crippen LogP contribution in [0.2, 0.25) is 0 Å². The molecule has 0 unspecified atom stereocenters. The van der Waals surface area contributed by atoms with Gasteiger partial charge in [0.1, 0.15) is 5.75 Å². The van der Waals surface area contributed by atoms with E-state index in [1.165, 1.54) is 0 Å².